The second-order valence-electron chi connectivity index (χ2n) is 13.8. The normalized spacial score (nSPS) is 13.1. The molecule has 1 aliphatic heterocycles. The molecule has 2 aliphatic rings. The molecular formula is C49H30N4O. The van der Waals surface area contributed by atoms with Gasteiger partial charge in [0, 0.05) is 40.2 Å². The van der Waals surface area contributed by atoms with Crippen molar-refractivity contribution in [2.45, 2.75) is 5.41 Å². The molecule has 2 aromatic heterocycles. The summed E-state index contributed by atoms with van der Waals surface area (Å²) >= 11 is 0. The van der Waals surface area contributed by atoms with Crippen LogP contribution in [0.25, 0.3) is 67.2 Å². The molecule has 0 fully saturated rings. The lowest BCUT2D eigenvalue weighted by atomic mass is 9.65. The molecule has 0 saturated carbocycles. The highest BCUT2D eigenvalue weighted by atomic mass is 16.5. The summed E-state index contributed by atoms with van der Waals surface area (Å²) in [6.45, 7) is 0. The van der Waals surface area contributed by atoms with Gasteiger partial charge in [0.15, 0.2) is 17.5 Å². The Bertz CT molecular complexity index is 2870. The fraction of sp³-hybridized carbons (Fsp3) is 0.0204. The van der Waals surface area contributed by atoms with E-state index >= 15 is 0 Å². The Morgan fingerprint density at radius 1 is 0.370 bits per heavy atom. The zero-order valence-corrected chi connectivity index (χ0v) is 29.0. The maximum Gasteiger partial charge on any atom is 0.164 e. The maximum absolute atomic E-state index is 6.84. The molecule has 5 nitrogen and oxygen atoms in total. The highest BCUT2D eigenvalue weighted by molar-refractivity contribution is 5.95. The molecule has 0 saturated heterocycles. The molecule has 0 amide bonds. The van der Waals surface area contributed by atoms with E-state index in [-0.39, 0.29) is 0 Å². The summed E-state index contributed by atoms with van der Waals surface area (Å²) in [6.07, 6.45) is 3.68. The van der Waals surface area contributed by atoms with Gasteiger partial charge in [-0.2, -0.15) is 0 Å². The van der Waals surface area contributed by atoms with Crippen molar-refractivity contribution in [3.8, 4) is 67.9 Å². The van der Waals surface area contributed by atoms with Crippen LogP contribution in [-0.2, 0) is 5.41 Å². The largest absolute Gasteiger partial charge is 0.457 e. The lowest BCUT2D eigenvalue weighted by Gasteiger charge is -2.40. The van der Waals surface area contributed by atoms with E-state index in [2.05, 4.69) is 145 Å². The highest BCUT2D eigenvalue weighted by Gasteiger charge is 2.51. The summed E-state index contributed by atoms with van der Waals surface area (Å²) in [7, 11) is 0. The lowest BCUT2D eigenvalue weighted by Crippen LogP contribution is -2.32. The molecule has 252 valence electrons. The van der Waals surface area contributed by atoms with Crippen molar-refractivity contribution in [1.82, 2.24) is 19.9 Å². The number of aromatic nitrogens is 4. The second-order valence-corrected chi connectivity index (χ2v) is 13.8. The molecule has 0 N–H and O–H groups in total. The fourth-order valence-electron chi connectivity index (χ4n) is 8.53. The number of ether oxygens (including phenoxy) is 1. The van der Waals surface area contributed by atoms with Crippen molar-refractivity contribution in [2.24, 2.45) is 0 Å². The first kappa shape index (κ1) is 30.4. The van der Waals surface area contributed by atoms with Crippen LogP contribution in [0.1, 0.15) is 22.3 Å². The summed E-state index contributed by atoms with van der Waals surface area (Å²) in [4.78, 5) is 19.8. The van der Waals surface area contributed by atoms with E-state index < -0.39 is 5.41 Å². The molecule has 0 atom stereocenters. The number of fused-ring (bicyclic) bond motifs is 10. The summed E-state index contributed by atoms with van der Waals surface area (Å²) in [5.74, 6) is 3.49. The van der Waals surface area contributed by atoms with Crippen LogP contribution in [0.5, 0.6) is 11.5 Å². The van der Waals surface area contributed by atoms with E-state index in [1.54, 1.807) is 0 Å². The fourth-order valence-corrected chi connectivity index (χ4v) is 8.53. The van der Waals surface area contributed by atoms with Gasteiger partial charge in [-0.05, 0) is 86.6 Å². The van der Waals surface area contributed by atoms with Gasteiger partial charge in [-0.1, -0.05) is 127 Å². The molecule has 1 spiro atoms. The van der Waals surface area contributed by atoms with Crippen LogP contribution in [0.4, 0.5) is 0 Å². The number of hydrogen-bond acceptors (Lipinski definition) is 5. The average molecular weight is 691 g/mol. The third-order valence-electron chi connectivity index (χ3n) is 10.9. The topological polar surface area (TPSA) is 60.8 Å². The van der Waals surface area contributed by atoms with Crippen LogP contribution >= 0.6 is 0 Å². The molecule has 1 aliphatic carbocycles. The van der Waals surface area contributed by atoms with E-state index in [0.29, 0.717) is 17.5 Å². The first-order valence-corrected chi connectivity index (χ1v) is 18.1. The van der Waals surface area contributed by atoms with Gasteiger partial charge in [0.25, 0.3) is 0 Å². The number of hydrogen-bond donors (Lipinski definition) is 0. The Morgan fingerprint density at radius 2 is 0.926 bits per heavy atom. The lowest BCUT2D eigenvalue weighted by molar-refractivity contribution is 0.436. The first-order chi connectivity index (χ1) is 26.8. The summed E-state index contributed by atoms with van der Waals surface area (Å²) in [5, 5.41) is 2.23. The van der Waals surface area contributed by atoms with Crippen molar-refractivity contribution >= 4 is 10.8 Å². The van der Waals surface area contributed by atoms with E-state index in [0.717, 1.165) is 61.2 Å². The molecule has 0 radical (unpaired) electrons. The van der Waals surface area contributed by atoms with Crippen LogP contribution in [0, 0.1) is 0 Å². The van der Waals surface area contributed by atoms with Crippen LogP contribution in [-0.4, -0.2) is 19.9 Å². The predicted octanol–water partition coefficient (Wildman–Crippen LogP) is 11.6. The number of benzene rings is 7. The Labute approximate surface area is 312 Å². The molecule has 7 aromatic carbocycles. The molecule has 0 unspecified atom stereocenters. The van der Waals surface area contributed by atoms with E-state index in [9.17, 15) is 0 Å². The zero-order chi connectivity index (χ0) is 35.6. The number of pyridine rings is 1. The van der Waals surface area contributed by atoms with E-state index in [4.69, 9.17) is 19.7 Å². The Hall–Kier alpha value is -7.24. The van der Waals surface area contributed by atoms with Gasteiger partial charge in [0.1, 0.15) is 11.5 Å². The van der Waals surface area contributed by atoms with Gasteiger partial charge < -0.3 is 4.74 Å². The SMILES string of the molecule is c1ccc(-c2nc(-c3ccc4c(c3)C3(c5cc(-c6ccncc6)ccc5O4)c4ccccc4-c4ccccc43)nc(-c3cccc4ccccc34)n2)cc1. The van der Waals surface area contributed by atoms with Crippen molar-refractivity contribution in [3.63, 3.8) is 0 Å². The Balaban J connectivity index is 1.19. The maximum atomic E-state index is 6.84. The molecular weight excluding hydrogens is 661 g/mol. The zero-order valence-electron chi connectivity index (χ0n) is 29.0. The minimum Gasteiger partial charge on any atom is -0.457 e. The standard InChI is InChI=1S/C49H30N4O/c1-2-12-33(13-3-1)46-51-47(53-48(52-46)39-18-10-14-32-11-4-5-15-36(32)39)35-22-24-45-43(30-35)49(40-19-8-6-16-37(40)38-17-7-9-20-41(38)49)42-29-34(21-23-44(42)54-45)31-25-27-50-28-26-31/h1-30H. The number of rotatable bonds is 4. The van der Waals surface area contributed by atoms with Crippen LogP contribution in [0.3, 0.4) is 0 Å². The molecule has 0 bridgehead atoms. The third-order valence-corrected chi connectivity index (χ3v) is 10.9. The highest BCUT2D eigenvalue weighted by Crippen LogP contribution is 2.62. The van der Waals surface area contributed by atoms with Crippen molar-refractivity contribution in [2.75, 3.05) is 0 Å². The summed E-state index contributed by atoms with van der Waals surface area (Å²) < 4.78 is 6.84. The molecule has 11 rings (SSSR count). The van der Waals surface area contributed by atoms with Crippen LogP contribution < -0.4 is 4.74 Å². The van der Waals surface area contributed by atoms with Gasteiger partial charge >= 0.3 is 0 Å². The van der Waals surface area contributed by atoms with Crippen LogP contribution in [0.15, 0.2) is 182 Å². The van der Waals surface area contributed by atoms with Gasteiger partial charge in [-0.15, -0.1) is 0 Å². The molecule has 3 heterocycles. The monoisotopic (exact) mass is 690 g/mol. The van der Waals surface area contributed by atoms with Crippen molar-refractivity contribution in [1.29, 1.82) is 0 Å². The van der Waals surface area contributed by atoms with E-state index in [1.807, 2.05) is 42.7 Å². The second kappa shape index (κ2) is 11.9. The summed E-state index contributed by atoms with van der Waals surface area (Å²) in [6, 6.07) is 59.4. The number of nitrogens with zero attached hydrogens (tertiary/aromatic N) is 4. The molecule has 9 aromatic rings. The van der Waals surface area contributed by atoms with Gasteiger partial charge in [-0.3, -0.25) is 4.98 Å². The molecule has 54 heavy (non-hydrogen) atoms. The Kier molecular flexibility index (Phi) is 6.70. The smallest absolute Gasteiger partial charge is 0.164 e. The van der Waals surface area contributed by atoms with Crippen molar-refractivity contribution in [3.05, 3.63) is 205 Å². The summed E-state index contributed by atoms with van der Waals surface area (Å²) in [5.41, 5.74) is 11.3. The minimum absolute atomic E-state index is 0.598. The Morgan fingerprint density at radius 3 is 1.67 bits per heavy atom. The minimum atomic E-state index is -0.664. The first-order valence-electron chi connectivity index (χ1n) is 18.1. The van der Waals surface area contributed by atoms with Gasteiger partial charge in [-0.25, -0.2) is 15.0 Å². The van der Waals surface area contributed by atoms with Crippen molar-refractivity contribution < 1.29 is 4.74 Å². The predicted molar refractivity (Wildman–Crippen MR) is 214 cm³/mol. The van der Waals surface area contributed by atoms with Gasteiger partial charge in [0.05, 0.1) is 5.41 Å². The van der Waals surface area contributed by atoms with Crippen LogP contribution in [0.2, 0.25) is 0 Å². The average Bonchev–Trinajstić information content (AvgIpc) is 3.54. The quantitative estimate of drug-likeness (QED) is 0.184. The van der Waals surface area contributed by atoms with Gasteiger partial charge in [0.2, 0.25) is 0 Å². The third kappa shape index (κ3) is 4.52. The molecule has 5 heteroatoms. The van der Waals surface area contributed by atoms with E-state index in [1.165, 1.54) is 22.3 Å².